The third-order valence-corrected chi connectivity index (χ3v) is 18.0. The molecule has 3 fully saturated rings. The monoisotopic (exact) mass is 390 g/mol. The van der Waals surface area contributed by atoms with Crippen LogP contribution in [0, 0.1) is 41.4 Å². The van der Waals surface area contributed by atoms with E-state index in [0.717, 1.165) is 52.5 Å². The summed E-state index contributed by atoms with van der Waals surface area (Å²) in [7, 11) is -1.28. The first-order valence-electron chi connectivity index (χ1n) is 12.9. The van der Waals surface area contributed by atoms with E-state index >= 15 is 0 Å². The molecular formula is C26H50Si. The fourth-order valence-corrected chi connectivity index (χ4v) is 16.8. The molecule has 0 nitrogen and oxygen atoms in total. The molecule has 0 radical (unpaired) electrons. The number of unbranched alkanes of at least 4 members (excludes halogenated alkanes) is 1. The zero-order valence-corrected chi connectivity index (χ0v) is 20.8. The highest BCUT2D eigenvalue weighted by Crippen LogP contribution is 2.65. The first kappa shape index (κ1) is 21.9. The molecule has 0 aliphatic heterocycles. The van der Waals surface area contributed by atoms with Crippen LogP contribution in [-0.2, 0) is 0 Å². The van der Waals surface area contributed by atoms with Crippen molar-refractivity contribution < 1.29 is 0 Å². The van der Waals surface area contributed by atoms with Crippen LogP contribution in [0.5, 0.6) is 0 Å². The van der Waals surface area contributed by atoms with E-state index in [1.54, 1.807) is 44.2 Å². The fraction of sp³-hybridized carbons (Fsp3) is 1.00. The van der Waals surface area contributed by atoms with Gasteiger partial charge in [0.05, 0.1) is 8.07 Å². The summed E-state index contributed by atoms with van der Waals surface area (Å²) in [6.07, 6.45) is 12.3. The lowest BCUT2D eigenvalue weighted by atomic mass is 9.77. The van der Waals surface area contributed by atoms with Gasteiger partial charge in [-0.1, -0.05) is 99.1 Å². The van der Waals surface area contributed by atoms with Gasteiger partial charge in [0.1, 0.15) is 0 Å². The van der Waals surface area contributed by atoms with Gasteiger partial charge < -0.3 is 0 Å². The topological polar surface area (TPSA) is 0 Å². The molecule has 0 spiro atoms. The van der Waals surface area contributed by atoms with Crippen molar-refractivity contribution in [3.63, 3.8) is 0 Å². The molecule has 3 saturated carbocycles. The molecule has 3 rings (SSSR count). The predicted octanol–water partition coefficient (Wildman–Crippen LogP) is 8.79. The lowest BCUT2D eigenvalue weighted by Crippen LogP contribution is -2.48. The Morgan fingerprint density at radius 1 is 0.741 bits per heavy atom. The Kier molecular flexibility index (Phi) is 7.24. The second-order valence-corrected chi connectivity index (χ2v) is 16.5. The van der Waals surface area contributed by atoms with Crippen LogP contribution in [0.15, 0.2) is 0 Å². The average Bonchev–Trinajstić information content (AvgIpc) is 3.15. The van der Waals surface area contributed by atoms with Crippen LogP contribution in [-0.4, -0.2) is 8.07 Å². The standard InChI is InChI=1S/C26H50Si/c1-8-11-14-22-17-25(24-16-13-12-15-23(22)24)27(9-2,10-3)26-20(6)18(4)19(5)21(26)7/h18-26H,8-17H2,1-7H3. The Hall–Kier alpha value is 0.217. The first-order chi connectivity index (χ1) is 12.9. The van der Waals surface area contributed by atoms with Crippen LogP contribution in [0.3, 0.4) is 0 Å². The first-order valence-corrected chi connectivity index (χ1v) is 15.5. The Balaban J connectivity index is 1.93. The molecule has 0 heterocycles. The minimum absolute atomic E-state index is 0.939. The van der Waals surface area contributed by atoms with E-state index in [2.05, 4.69) is 48.5 Å². The molecule has 0 N–H and O–H groups in total. The number of hydrogen-bond acceptors (Lipinski definition) is 0. The molecule has 158 valence electrons. The second kappa shape index (κ2) is 8.93. The van der Waals surface area contributed by atoms with Gasteiger partial charge in [0.25, 0.3) is 0 Å². The summed E-state index contributed by atoms with van der Waals surface area (Å²) in [5.41, 5.74) is 2.25. The summed E-state index contributed by atoms with van der Waals surface area (Å²) in [5, 5.41) is 0. The van der Waals surface area contributed by atoms with Crippen molar-refractivity contribution >= 4 is 8.07 Å². The molecule has 0 bridgehead atoms. The fourth-order valence-electron chi connectivity index (χ4n) is 9.04. The Morgan fingerprint density at radius 3 is 1.81 bits per heavy atom. The predicted molar refractivity (Wildman–Crippen MR) is 124 cm³/mol. The van der Waals surface area contributed by atoms with E-state index < -0.39 is 8.07 Å². The molecule has 0 amide bonds. The van der Waals surface area contributed by atoms with Crippen molar-refractivity contribution in [2.75, 3.05) is 0 Å². The highest BCUT2D eigenvalue weighted by Gasteiger charge is 2.59. The number of rotatable bonds is 7. The third-order valence-electron chi connectivity index (χ3n) is 10.8. The minimum atomic E-state index is -1.28. The van der Waals surface area contributed by atoms with E-state index in [4.69, 9.17) is 0 Å². The van der Waals surface area contributed by atoms with Crippen molar-refractivity contribution in [3.8, 4) is 0 Å². The van der Waals surface area contributed by atoms with Crippen molar-refractivity contribution in [1.29, 1.82) is 0 Å². The smallest absolute Gasteiger partial charge is 0.0601 e. The van der Waals surface area contributed by atoms with Gasteiger partial charge in [-0.2, -0.15) is 0 Å². The second-order valence-electron chi connectivity index (χ2n) is 11.3. The normalized spacial score (nSPS) is 45.2. The van der Waals surface area contributed by atoms with E-state index in [9.17, 15) is 0 Å². The molecule has 0 aromatic rings. The van der Waals surface area contributed by atoms with Crippen LogP contribution in [0.2, 0.25) is 23.2 Å². The van der Waals surface area contributed by atoms with Crippen molar-refractivity contribution in [2.45, 2.75) is 123 Å². The summed E-state index contributed by atoms with van der Waals surface area (Å²) in [5.74, 6) is 7.15. The van der Waals surface area contributed by atoms with Crippen LogP contribution >= 0.6 is 0 Å². The van der Waals surface area contributed by atoms with Crippen molar-refractivity contribution in [2.24, 2.45) is 41.4 Å². The quantitative estimate of drug-likeness (QED) is 0.381. The summed E-state index contributed by atoms with van der Waals surface area (Å²) in [6.45, 7) is 18.1. The molecule has 0 aromatic heterocycles. The van der Waals surface area contributed by atoms with E-state index in [1.807, 2.05) is 0 Å². The van der Waals surface area contributed by atoms with E-state index in [0.29, 0.717) is 0 Å². The van der Waals surface area contributed by atoms with Gasteiger partial charge in [-0.15, -0.1) is 0 Å². The molecule has 27 heavy (non-hydrogen) atoms. The molecule has 0 aromatic carbocycles. The Labute approximate surface area is 172 Å². The largest absolute Gasteiger partial charge is 0.0678 e. The summed E-state index contributed by atoms with van der Waals surface area (Å²) < 4.78 is 0. The summed E-state index contributed by atoms with van der Waals surface area (Å²) >= 11 is 0. The SMILES string of the molecule is CCCCC1CC([Si](CC)(CC)C2C(C)C(C)C(C)C2C)C2CCCCC12. The zero-order valence-electron chi connectivity index (χ0n) is 19.8. The minimum Gasteiger partial charge on any atom is -0.0678 e. The lowest BCUT2D eigenvalue weighted by Gasteiger charge is -2.49. The average molecular weight is 391 g/mol. The molecule has 1 heteroatoms. The Bertz CT molecular complexity index is 453. The van der Waals surface area contributed by atoms with Crippen LogP contribution in [0.1, 0.15) is 99.8 Å². The maximum Gasteiger partial charge on any atom is 0.0601 e. The molecule has 8 unspecified atom stereocenters. The molecule has 3 aliphatic carbocycles. The van der Waals surface area contributed by atoms with Crippen LogP contribution < -0.4 is 0 Å². The van der Waals surface area contributed by atoms with E-state index in [-0.39, 0.29) is 0 Å². The van der Waals surface area contributed by atoms with Crippen molar-refractivity contribution in [3.05, 3.63) is 0 Å². The van der Waals surface area contributed by atoms with Crippen LogP contribution in [0.4, 0.5) is 0 Å². The van der Waals surface area contributed by atoms with Gasteiger partial charge in [-0.05, 0) is 65.3 Å². The Morgan fingerprint density at radius 2 is 1.30 bits per heavy atom. The zero-order chi connectivity index (χ0) is 19.8. The van der Waals surface area contributed by atoms with Gasteiger partial charge in [0, 0.05) is 0 Å². The maximum absolute atomic E-state index is 2.66. The van der Waals surface area contributed by atoms with Gasteiger partial charge in [-0.3, -0.25) is 0 Å². The third kappa shape index (κ3) is 3.61. The summed E-state index contributed by atoms with van der Waals surface area (Å²) in [4.78, 5) is 0. The van der Waals surface area contributed by atoms with Gasteiger partial charge in [0.15, 0.2) is 0 Å². The van der Waals surface area contributed by atoms with Gasteiger partial charge in [-0.25, -0.2) is 0 Å². The molecular weight excluding hydrogens is 340 g/mol. The van der Waals surface area contributed by atoms with Gasteiger partial charge in [0.2, 0.25) is 0 Å². The van der Waals surface area contributed by atoms with Gasteiger partial charge >= 0.3 is 0 Å². The molecule has 8 atom stereocenters. The summed E-state index contributed by atoms with van der Waals surface area (Å²) in [6, 6.07) is 3.13. The molecule has 3 aliphatic rings. The maximum atomic E-state index is 2.66. The molecule has 0 saturated heterocycles. The number of hydrogen-bond donors (Lipinski definition) is 0. The van der Waals surface area contributed by atoms with E-state index in [1.165, 1.54) is 19.3 Å². The number of fused-ring (bicyclic) bond motifs is 1. The highest BCUT2D eigenvalue weighted by molar-refractivity contribution is 6.82. The van der Waals surface area contributed by atoms with Crippen LogP contribution in [0.25, 0.3) is 0 Å². The highest BCUT2D eigenvalue weighted by atomic mass is 28.3. The lowest BCUT2D eigenvalue weighted by molar-refractivity contribution is 0.217. The van der Waals surface area contributed by atoms with Crippen molar-refractivity contribution in [1.82, 2.24) is 0 Å².